The largest absolute Gasteiger partial charge is 0.480 e. The lowest BCUT2D eigenvalue weighted by atomic mass is 10.00. The summed E-state index contributed by atoms with van der Waals surface area (Å²) in [7, 11) is 0. The van der Waals surface area contributed by atoms with Crippen LogP contribution in [0.5, 0.6) is 0 Å². The van der Waals surface area contributed by atoms with Gasteiger partial charge in [-0.3, -0.25) is 19.2 Å². The van der Waals surface area contributed by atoms with Crippen LogP contribution in [0, 0.1) is 5.92 Å². The maximum Gasteiger partial charge on any atom is 0.326 e. The Morgan fingerprint density at radius 2 is 1.48 bits per heavy atom. The van der Waals surface area contributed by atoms with Gasteiger partial charge in [0, 0.05) is 29.9 Å². The Morgan fingerprint density at radius 1 is 0.833 bits per heavy atom. The molecule has 0 saturated heterocycles. The summed E-state index contributed by atoms with van der Waals surface area (Å²) in [5.74, 6) is -4.38. The lowest BCUT2D eigenvalue weighted by molar-refractivity contribution is -0.142. The van der Waals surface area contributed by atoms with Gasteiger partial charge in [-0.15, -0.1) is 0 Å². The monoisotopic (exact) mass is 578 g/mol. The van der Waals surface area contributed by atoms with Crippen molar-refractivity contribution < 1.29 is 29.1 Å². The van der Waals surface area contributed by atoms with Crippen LogP contribution in [-0.2, 0) is 36.8 Å². The second-order valence-electron chi connectivity index (χ2n) is 10.6. The van der Waals surface area contributed by atoms with E-state index >= 15 is 0 Å². The molecular weight excluding hydrogens is 540 g/mol. The molecule has 12 heteroatoms. The van der Waals surface area contributed by atoms with Crippen LogP contribution in [0.15, 0.2) is 60.8 Å². The number of amides is 4. The summed E-state index contributed by atoms with van der Waals surface area (Å²) in [5.41, 5.74) is 13.9. The topological polar surface area (TPSA) is 209 Å². The van der Waals surface area contributed by atoms with Crippen molar-refractivity contribution in [2.45, 2.75) is 63.7 Å². The Morgan fingerprint density at radius 3 is 2.12 bits per heavy atom. The molecule has 2 aromatic carbocycles. The quantitative estimate of drug-likeness (QED) is 0.137. The number of benzene rings is 2. The lowest BCUT2D eigenvalue weighted by Gasteiger charge is -2.27. The predicted molar refractivity (Wildman–Crippen MR) is 157 cm³/mol. The molecule has 0 bridgehead atoms. The minimum absolute atomic E-state index is 0.0113. The molecule has 3 aromatic rings. The van der Waals surface area contributed by atoms with E-state index in [1.807, 2.05) is 24.3 Å². The van der Waals surface area contributed by atoms with Crippen molar-refractivity contribution in [1.82, 2.24) is 20.9 Å². The fraction of sp³-hybridized carbons (Fsp3) is 0.367. The second kappa shape index (κ2) is 14.8. The zero-order valence-electron chi connectivity index (χ0n) is 23.6. The number of carbonyl (C=O) groups excluding carboxylic acids is 4. The number of nitrogens with one attached hydrogen (secondary N) is 4. The van der Waals surface area contributed by atoms with E-state index in [0.29, 0.717) is 5.56 Å². The number of aliphatic carboxylic acids is 1. The Kier molecular flexibility index (Phi) is 11.2. The van der Waals surface area contributed by atoms with E-state index in [1.54, 1.807) is 50.4 Å². The minimum Gasteiger partial charge on any atom is -0.480 e. The van der Waals surface area contributed by atoms with E-state index < -0.39 is 53.8 Å². The lowest BCUT2D eigenvalue weighted by Crippen LogP contribution is -2.58. The number of rotatable bonds is 15. The third kappa shape index (κ3) is 8.90. The number of carbonyl (C=O) groups is 5. The summed E-state index contributed by atoms with van der Waals surface area (Å²) < 4.78 is 0. The van der Waals surface area contributed by atoms with Crippen LogP contribution in [0.3, 0.4) is 0 Å². The maximum atomic E-state index is 13.3. The predicted octanol–water partition coefficient (Wildman–Crippen LogP) is 0.741. The van der Waals surface area contributed by atoms with E-state index in [4.69, 9.17) is 11.5 Å². The first kappa shape index (κ1) is 31.8. The first-order chi connectivity index (χ1) is 20.0. The number of hydrogen-bond acceptors (Lipinski definition) is 6. The molecule has 9 N–H and O–H groups in total. The van der Waals surface area contributed by atoms with Crippen LogP contribution in [0.4, 0.5) is 0 Å². The summed E-state index contributed by atoms with van der Waals surface area (Å²) in [5, 5.41) is 18.3. The molecule has 0 radical (unpaired) electrons. The number of fused-ring (bicyclic) bond motifs is 1. The minimum atomic E-state index is -1.28. The molecule has 0 spiro atoms. The van der Waals surface area contributed by atoms with E-state index in [-0.39, 0.29) is 31.6 Å². The van der Waals surface area contributed by atoms with Crippen LogP contribution in [0.1, 0.15) is 37.8 Å². The molecule has 0 aliphatic rings. The average molecular weight is 579 g/mol. The van der Waals surface area contributed by atoms with Crippen molar-refractivity contribution in [2.24, 2.45) is 17.4 Å². The highest BCUT2D eigenvalue weighted by Crippen LogP contribution is 2.19. The molecule has 0 aliphatic carbocycles. The third-order valence-electron chi connectivity index (χ3n) is 6.91. The molecule has 12 nitrogen and oxygen atoms in total. The smallest absolute Gasteiger partial charge is 0.326 e. The molecule has 0 aliphatic heterocycles. The SMILES string of the molecule is CC(C)C(NC(=O)C(N)Cc1c[nH]c2ccccc12)C(=O)NC(CCC(N)=O)C(=O)NC(Cc1ccccc1)C(=O)O. The average Bonchev–Trinajstić information content (AvgIpc) is 3.36. The summed E-state index contributed by atoms with van der Waals surface area (Å²) in [4.78, 5) is 66.0. The summed E-state index contributed by atoms with van der Waals surface area (Å²) in [6, 6.07) is 11.8. The Balaban J connectivity index is 1.69. The van der Waals surface area contributed by atoms with Gasteiger partial charge in [0.25, 0.3) is 0 Å². The molecule has 4 amide bonds. The van der Waals surface area contributed by atoms with Gasteiger partial charge in [0.05, 0.1) is 6.04 Å². The van der Waals surface area contributed by atoms with Crippen molar-refractivity contribution in [3.05, 3.63) is 71.9 Å². The van der Waals surface area contributed by atoms with E-state index in [1.165, 1.54) is 0 Å². The van der Waals surface area contributed by atoms with Gasteiger partial charge in [-0.25, -0.2) is 4.79 Å². The van der Waals surface area contributed by atoms with Crippen molar-refractivity contribution in [3.8, 4) is 0 Å². The number of primary amides is 1. The van der Waals surface area contributed by atoms with Crippen molar-refractivity contribution in [3.63, 3.8) is 0 Å². The number of nitrogens with two attached hydrogens (primary N) is 2. The Hall–Kier alpha value is -4.71. The van der Waals surface area contributed by atoms with Gasteiger partial charge < -0.3 is 37.5 Å². The van der Waals surface area contributed by atoms with E-state index in [2.05, 4.69) is 20.9 Å². The number of H-pyrrole nitrogens is 1. The molecular formula is C30H38N6O6. The standard InChI is InChI=1S/C30H38N6O6/c1-17(2)26(36-27(38)21(31)15-19-16-33-22-11-7-6-10-20(19)22)29(40)34-23(12-13-25(32)37)28(39)35-24(30(41)42)14-18-8-4-3-5-9-18/h3-11,16-17,21,23-24,26,33H,12-15,31H2,1-2H3,(H2,32,37)(H,34,40)(H,35,39)(H,36,38)(H,41,42). The normalized spacial score (nSPS) is 14.0. The zero-order chi connectivity index (χ0) is 30.8. The van der Waals surface area contributed by atoms with Gasteiger partial charge in [-0.2, -0.15) is 0 Å². The molecule has 1 aromatic heterocycles. The highest BCUT2D eigenvalue weighted by Gasteiger charge is 2.32. The van der Waals surface area contributed by atoms with Gasteiger partial charge in [-0.05, 0) is 36.0 Å². The van der Waals surface area contributed by atoms with Crippen LogP contribution >= 0.6 is 0 Å². The molecule has 0 fully saturated rings. The van der Waals surface area contributed by atoms with Crippen molar-refractivity contribution in [2.75, 3.05) is 0 Å². The zero-order valence-corrected chi connectivity index (χ0v) is 23.6. The van der Waals surface area contributed by atoms with Gasteiger partial charge in [0.1, 0.15) is 18.1 Å². The molecule has 3 rings (SSSR count). The van der Waals surface area contributed by atoms with Crippen LogP contribution < -0.4 is 27.4 Å². The summed E-state index contributed by atoms with van der Waals surface area (Å²) in [6.07, 6.45) is 1.63. The number of carboxylic acids is 1. The molecule has 0 saturated carbocycles. The third-order valence-corrected chi connectivity index (χ3v) is 6.91. The van der Waals surface area contributed by atoms with E-state index in [9.17, 15) is 29.1 Å². The van der Waals surface area contributed by atoms with Crippen molar-refractivity contribution >= 4 is 40.5 Å². The van der Waals surface area contributed by atoms with Gasteiger partial charge in [-0.1, -0.05) is 62.4 Å². The Bertz CT molecular complexity index is 1410. The van der Waals surface area contributed by atoms with Gasteiger partial charge in [0.15, 0.2) is 0 Å². The van der Waals surface area contributed by atoms with Gasteiger partial charge in [0.2, 0.25) is 23.6 Å². The fourth-order valence-electron chi connectivity index (χ4n) is 4.56. The number of carboxylic acid groups (broad SMARTS) is 1. The molecule has 4 unspecified atom stereocenters. The first-order valence-electron chi connectivity index (χ1n) is 13.7. The molecule has 224 valence electrons. The maximum absolute atomic E-state index is 13.3. The van der Waals surface area contributed by atoms with Crippen LogP contribution in [0.25, 0.3) is 10.9 Å². The number of aromatic nitrogens is 1. The molecule has 4 atom stereocenters. The Labute approximate surface area is 243 Å². The first-order valence-corrected chi connectivity index (χ1v) is 13.7. The van der Waals surface area contributed by atoms with Gasteiger partial charge >= 0.3 is 5.97 Å². The molecule has 1 heterocycles. The summed E-state index contributed by atoms with van der Waals surface area (Å²) in [6.45, 7) is 3.43. The second-order valence-corrected chi connectivity index (χ2v) is 10.6. The molecule has 42 heavy (non-hydrogen) atoms. The highest BCUT2D eigenvalue weighted by molar-refractivity contribution is 5.95. The fourth-order valence-corrected chi connectivity index (χ4v) is 4.56. The van der Waals surface area contributed by atoms with E-state index in [0.717, 1.165) is 16.5 Å². The summed E-state index contributed by atoms with van der Waals surface area (Å²) >= 11 is 0. The number of aromatic amines is 1. The van der Waals surface area contributed by atoms with Crippen molar-refractivity contribution in [1.29, 1.82) is 0 Å². The van der Waals surface area contributed by atoms with Crippen LogP contribution in [-0.4, -0.2) is 63.9 Å². The number of hydrogen-bond donors (Lipinski definition) is 7. The highest BCUT2D eigenvalue weighted by atomic mass is 16.4. The number of para-hydroxylation sites is 1. The van der Waals surface area contributed by atoms with Crippen LogP contribution in [0.2, 0.25) is 0 Å².